The van der Waals surface area contributed by atoms with Gasteiger partial charge in [0.2, 0.25) is 0 Å². The van der Waals surface area contributed by atoms with Gasteiger partial charge >= 0.3 is 0 Å². The highest BCUT2D eigenvalue weighted by atomic mass is 16.4. The molecular formula is C14H21N3O. The highest BCUT2D eigenvalue weighted by Crippen LogP contribution is 2.25. The molecule has 1 heterocycles. The third-order valence-corrected chi connectivity index (χ3v) is 3.69. The van der Waals surface area contributed by atoms with E-state index in [4.69, 9.17) is 10.9 Å². The summed E-state index contributed by atoms with van der Waals surface area (Å²) in [6.07, 6.45) is 1.24. The minimum Gasteiger partial charge on any atom is -0.409 e. The van der Waals surface area contributed by atoms with Crippen molar-refractivity contribution in [3.63, 3.8) is 0 Å². The molecule has 2 unspecified atom stereocenters. The summed E-state index contributed by atoms with van der Waals surface area (Å²) in [5, 5.41) is 11.9. The Morgan fingerprint density at radius 3 is 2.78 bits per heavy atom. The number of oxime groups is 1. The fraction of sp³-hybridized carbons (Fsp3) is 0.500. The van der Waals surface area contributed by atoms with Crippen molar-refractivity contribution in [1.29, 1.82) is 0 Å². The van der Waals surface area contributed by atoms with E-state index in [1.807, 2.05) is 24.3 Å². The van der Waals surface area contributed by atoms with E-state index in [9.17, 15) is 0 Å². The van der Waals surface area contributed by atoms with Gasteiger partial charge in [-0.1, -0.05) is 36.3 Å². The number of nitrogens with zero attached hydrogens (tertiary/aromatic N) is 2. The molecule has 4 nitrogen and oxygen atoms in total. The van der Waals surface area contributed by atoms with Crippen molar-refractivity contribution in [2.24, 2.45) is 16.8 Å². The first-order chi connectivity index (χ1) is 8.61. The Balaban J connectivity index is 2.19. The lowest BCUT2D eigenvalue weighted by atomic mass is 10.1. The Hall–Kier alpha value is -1.55. The fourth-order valence-electron chi connectivity index (χ4n) is 2.79. The molecule has 1 aliphatic rings. The topological polar surface area (TPSA) is 61.8 Å². The van der Waals surface area contributed by atoms with E-state index in [0.29, 0.717) is 6.04 Å². The van der Waals surface area contributed by atoms with Crippen molar-refractivity contribution in [3.8, 4) is 0 Å². The molecular weight excluding hydrogens is 226 g/mol. The summed E-state index contributed by atoms with van der Waals surface area (Å²) in [4.78, 5) is 2.45. The van der Waals surface area contributed by atoms with Crippen LogP contribution in [0.2, 0.25) is 0 Å². The van der Waals surface area contributed by atoms with Crippen LogP contribution in [0.5, 0.6) is 0 Å². The quantitative estimate of drug-likeness (QED) is 0.372. The second-order valence-electron chi connectivity index (χ2n) is 5.26. The van der Waals surface area contributed by atoms with Gasteiger partial charge < -0.3 is 10.9 Å². The lowest BCUT2D eigenvalue weighted by Crippen LogP contribution is -2.28. The van der Waals surface area contributed by atoms with Crippen LogP contribution < -0.4 is 5.73 Å². The summed E-state index contributed by atoms with van der Waals surface area (Å²) in [7, 11) is 0. The molecule has 1 aromatic carbocycles. The number of nitrogens with two attached hydrogens (primary N) is 1. The van der Waals surface area contributed by atoms with Crippen molar-refractivity contribution in [2.75, 3.05) is 6.54 Å². The summed E-state index contributed by atoms with van der Waals surface area (Å²) in [5.41, 5.74) is 7.66. The molecule has 98 valence electrons. The van der Waals surface area contributed by atoms with Gasteiger partial charge in [0.15, 0.2) is 5.84 Å². The molecule has 1 aliphatic heterocycles. The van der Waals surface area contributed by atoms with Gasteiger partial charge in [0, 0.05) is 24.7 Å². The summed E-state index contributed by atoms with van der Waals surface area (Å²) in [6, 6.07) is 8.44. The molecule has 0 aliphatic carbocycles. The molecule has 0 bridgehead atoms. The van der Waals surface area contributed by atoms with E-state index in [1.165, 1.54) is 6.42 Å². The molecule has 2 rings (SSSR count). The molecule has 1 saturated heterocycles. The maximum absolute atomic E-state index is 8.82. The Morgan fingerprint density at radius 2 is 2.17 bits per heavy atom. The van der Waals surface area contributed by atoms with Crippen LogP contribution in [0.25, 0.3) is 0 Å². The Morgan fingerprint density at radius 1 is 1.44 bits per heavy atom. The maximum Gasteiger partial charge on any atom is 0.170 e. The van der Waals surface area contributed by atoms with Gasteiger partial charge in [-0.2, -0.15) is 0 Å². The predicted octanol–water partition coefficient (Wildman–Crippen LogP) is 2.01. The molecule has 0 radical (unpaired) electrons. The first-order valence-corrected chi connectivity index (χ1v) is 6.41. The van der Waals surface area contributed by atoms with Crippen LogP contribution in [0, 0.1) is 5.92 Å². The van der Waals surface area contributed by atoms with E-state index >= 15 is 0 Å². The van der Waals surface area contributed by atoms with Gasteiger partial charge in [-0.05, 0) is 24.8 Å². The summed E-state index contributed by atoms with van der Waals surface area (Å²) in [6.45, 7) is 6.52. The first-order valence-electron chi connectivity index (χ1n) is 6.41. The normalized spacial score (nSPS) is 25.6. The van der Waals surface area contributed by atoms with Crippen molar-refractivity contribution in [2.45, 2.75) is 32.9 Å². The van der Waals surface area contributed by atoms with Gasteiger partial charge in [0.05, 0.1) is 0 Å². The van der Waals surface area contributed by atoms with Crippen LogP contribution in [0.4, 0.5) is 0 Å². The largest absolute Gasteiger partial charge is 0.409 e. The van der Waals surface area contributed by atoms with E-state index in [1.54, 1.807) is 0 Å². The lowest BCUT2D eigenvalue weighted by Gasteiger charge is -2.22. The van der Waals surface area contributed by atoms with E-state index < -0.39 is 0 Å². The monoisotopic (exact) mass is 247 g/mol. The average molecular weight is 247 g/mol. The van der Waals surface area contributed by atoms with Crippen LogP contribution in [0.3, 0.4) is 0 Å². The zero-order chi connectivity index (χ0) is 13.1. The summed E-state index contributed by atoms with van der Waals surface area (Å²) >= 11 is 0. The number of rotatable bonds is 3. The second-order valence-corrected chi connectivity index (χ2v) is 5.26. The van der Waals surface area contributed by atoms with Gasteiger partial charge in [0.1, 0.15) is 0 Å². The van der Waals surface area contributed by atoms with Crippen molar-refractivity contribution in [1.82, 2.24) is 4.90 Å². The highest BCUT2D eigenvalue weighted by molar-refractivity contribution is 5.98. The van der Waals surface area contributed by atoms with Crippen LogP contribution in [0.15, 0.2) is 29.4 Å². The minimum atomic E-state index is 0.186. The number of likely N-dealkylation sites (tertiary alicyclic amines) is 1. The van der Waals surface area contributed by atoms with E-state index in [-0.39, 0.29) is 5.84 Å². The average Bonchev–Trinajstić information content (AvgIpc) is 2.67. The molecule has 2 atom stereocenters. The molecule has 3 N–H and O–H groups in total. The molecule has 1 aromatic rings. The van der Waals surface area contributed by atoms with Gasteiger partial charge in [-0.25, -0.2) is 0 Å². The molecule has 0 amide bonds. The van der Waals surface area contributed by atoms with Gasteiger partial charge in [-0.3, -0.25) is 4.90 Å². The van der Waals surface area contributed by atoms with Crippen LogP contribution in [-0.2, 0) is 6.54 Å². The second kappa shape index (κ2) is 5.40. The van der Waals surface area contributed by atoms with Crippen molar-refractivity contribution < 1.29 is 5.21 Å². The number of hydrogen-bond donors (Lipinski definition) is 2. The van der Waals surface area contributed by atoms with Gasteiger partial charge in [0.25, 0.3) is 0 Å². The summed E-state index contributed by atoms with van der Waals surface area (Å²) in [5.74, 6) is 0.932. The number of hydrogen-bond acceptors (Lipinski definition) is 3. The van der Waals surface area contributed by atoms with Crippen LogP contribution >= 0.6 is 0 Å². The third-order valence-electron chi connectivity index (χ3n) is 3.69. The Kier molecular flexibility index (Phi) is 3.87. The number of benzene rings is 1. The Labute approximate surface area is 108 Å². The predicted molar refractivity (Wildman–Crippen MR) is 72.6 cm³/mol. The van der Waals surface area contributed by atoms with Crippen LogP contribution in [0.1, 0.15) is 31.4 Å². The maximum atomic E-state index is 8.82. The van der Waals surface area contributed by atoms with E-state index in [2.05, 4.69) is 23.9 Å². The molecule has 0 aromatic heterocycles. The Bertz CT molecular complexity index is 444. The highest BCUT2D eigenvalue weighted by Gasteiger charge is 2.26. The smallest absolute Gasteiger partial charge is 0.170 e. The third kappa shape index (κ3) is 2.64. The van der Waals surface area contributed by atoms with E-state index in [0.717, 1.165) is 30.1 Å². The standard InChI is InChI=1S/C14H21N3O/c1-10-7-11(2)17(8-10)9-12-5-3-4-6-13(12)14(15)16-18/h3-6,10-11,18H,7-9H2,1-2H3,(H2,15,16). The molecule has 0 saturated carbocycles. The van der Waals surface area contributed by atoms with Crippen LogP contribution in [-0.4, -0.2) is 28.5 Å². The SMILES string of the molecule is CC1CC(C)N(Cc2ccccc2/C(N)=N/O)C1. The van der Waals surface area contributed by atoms with Gasteiger partial charge in [-0.15, -0.1) is 0 Å². The fourth-order valence-corrected chi connectivity index (χ4v) is 2.79. The molecule has 18 heavy (non-hydrogen) atoms. The first kappa shape index (κ1) is 12.9. The van der Waals surface area contributed by atoms with Crippen molar-refractivity contribution in [3.05, 3.63) is 35.4 Å². The zero-order valence-electron chi connectivity index (χ0n) is 11.0. The van der Waals surface area contributed by atoms with Crippen molar-refractivity contribution >= 4 is 5.84 Å². The molecule has 0 spiro atoms. The number of amidine groups is 1. The lowest BCUT2D eigenvalue weighted by molar-refractivity contribution is 0.256. The summed E-state index contributed by atoms with van der Waals surface area (Å²) < 4.78 is 0. The molecule has 4 heteroatoms. The minimum absolute atomic E-state index is 0.186. The zero-order valence-corrected chi connectivity index (χ0v) is 11.0. The molecule has 1 fully saturated rings.